The number of fused-ring (bicyclic) bond motifs is 4. The Morgan fingerprint density at radius 1 is 1.04 bits per heavy atom. The van der Waals surface area contributed by atoms with Gasteiger partial charge in [0, 0.05) is 23.8 Å². The average Bonchev–Trinajstić information content (AvgIpc) is 2.67. The van der Waals surface area contributed by atoms with E-state index in [1.165, 1.54) is 39.5 Å². The second-order valence-electron chi connectivity index (χ2n) is 6.24. The molecule has 8 nitrogen and oxygen atoms in total. The molecule has 0 amide bonds. The van der Waals surface area contributed by atoms with Crippen LogP contribution in [0, 0.1) is 0 Å². The topological polar surface area (TPSA) is 104 Å². The number of carbonyl (C=O) groups is 1. The molecule has 27 heavy (non-hydrogen) atoms. The molecule has 2 heterocycles. The highest BCUT2D eigenvalue weighted by molar-refractivity contribution is 6.09. The normalized spacial score (nSPS) is 22.5. The predicted molar refractivity (Wildman–Crippen MR) is 92.3 cm³/mol. The molecule has 0 saturated heterocycles. The monoisotopic (exact) mass is 374 g/mol. The van der Waals surface area contributed by atoms with Gasteiger partial charge in [0.15, 0.2) is 23.2 Å². The van der Waals surface area contributed by atoms with Crippen LogP contribution < -0.4 is 23.7 Å². The van der Waals surface area contributed by atoms with Crippen molar-refractivity contribution in [2.75, 3.05) is 27.9 Å². The van der Waals surface area contributed by atoms with Gasteiger partial charge in [-0.3, -0.25) is 4.79 Å². The Kier molecular flexibility index (Phi) is 3.81. The molecule has 0 radical (unpaired) electrons. The highest BCUT2D eigenvalue weighted by Gasteiger charge is 2.56. The maximum atomic E-state index is 13.3. The summed E-state index contributed by atoms with van der Waals surface area (Å²) in [5, 5.41) is 21.7. The van der Waals surface area contributed by atoms with E-state index in [2.05, 4.69) is 0 Å². The Labute approximate surface area is 154 Å². The van der Waals surface area contributed by atoms with E-state index < -0.39 is 17.5 Å². The largest absolute Gasteiger partial charge is 0.507 e. The van der Waals surface area contributed by atoms with Crippen molar-refractivity contribution in [3.05, 3.63) is 35.4 Å². The fraction of sp³-hybridized carbons (Fsp3) is 0.316. The van der Waals surface area contributed by atoms with Crippen LogP contribution in [0.3, 0.4) is 0 Å². The summed E-state index contributed by atoms with van der Waals surface area (Å²) in [5.74, 6) is 0.425. The van der Waals surface area contributed by atoms with Gasteiger partial charge in [-0.15, -0.1) is 0 Å². The summed E-state index contributed by atoms with van der Waals surface area (Å²) in [4.78, 5) is 13.3. The smallest absolute Gasteiger partial charge is 0.210 e. The number of hydrogen-bond donors (Lipinski definition) is 2. The van der Waals surface area contributed by atoms with Crippen molar-refractivity contribution in [2.24, 2.45) is 0 Å². The molecule has 0 fully saturated rings. The first-order valence-electron chi connectivity index (χ1n) is 8.18. The third-order valence-corrected chi connectivity index (χ3v) is 4.89. The maximum absolute atomic E-state index is 13.3. The number of rotatable bonds is 3. The molecular formula is C19H18O8. The zero-order valence-electron chi connectivity index (χ0n) is 14.9. The van der Waals surface area contributed by atoms with E-state index in [4.69, 9.17) is 23.7 Å². The van der Waals surface area contributed by atoms with Crippen LogP contribution in [-0.2, 0) is 5.60 Å². The van der Waals surface area contributed by atoms with E-state index in [-0.39, 0.29) is 35.0 Å². The zero-order chi connectivity index (χ0) is 19.3. The summed E-state index contributed by atoms with van der Waals surface area (Å²) in [6, 6.07) is 5.79. The SMILES string of the molecule is COc1cc(O)c2c(c1)O[C@H]1COc3cc(OC)c(OC)cc3[C@@]1(O)C2=O. The molecule has 0 saturated carbocycles. The number of aliphatic hydroxyl groups is 1. The third-order valence-electron chi connectivity index (χ3n) is 4.89. The van der Waals surface area contributed by atoms with Gasteiger partial charge in [0.2, 0.25) is 5.78 Å². The number of Topliss-reactive ketones (excluding diaryl/α,β-unsaturated/α-hetero) is 1. The van der Waals surface area contributed by atoms with Gasteiger partial charge in [-0.05, 0) is 6.07 Å². The van der Waals surface area contributed by atoms with Crippen LogP contribution in [0.5, 0.6) is 34.5 Å². The molecular weight excluding hydrogens is 356 g/mol. The van der Waals surface area contributed by atoms with Crippen molar-refractivity contribution in [1.82, 2.24) is 0 Å². The number of carbonyl (C=O) groups excluding carboxylic acids is 1. The molecule has 2 aliphatic rings. The van der Waals surface area contributed by atoms with Gasteiger partial charge >= 0.3 is 0 Å². The lowest BCUT2D eigenvalue weighted by Crippen LogP contribution is -2.57. The molecule has 0 aliphatic carbocycles. The predicted octanol–water partition coefficient (Wildman–Crippen LogP) is 1.64. The fourth-order valence-electron chi connectivity index (χ4n) is 3.48. The van der Waals surface area contributed by atoms with Crippen LogP contribution in [0.15, 0.2) is 24.3 Å². The maximum Gasteiger partial charge on any atom is 0.210 e. The van der Waals surface area contributed by atoms with Gasteiger partial charge in [0.1, 0.15) is 35.2 Å². The second kappa shape index (κ2) is 5.95. The van der Waals surface area contributed by atoms with Crippen LogP contribution in [0.25, 0.3) is 0 Å². The molecule has 2 aromatic rings. The van der Waals surface area contributed by atoms with Crippen molar-refractivity contribution < 1.29 is 38.7 Å². The van der Waals surface area contributed by atoms with E-state index in [0.717, 1.165) is 0 Å². The summed E-state index contributed by atoms with van der Waals surface area (Å²) in [5.41, 5.74) is -1.98. The molecule has 0 spiro atoms. The molecule has 0 unspecified atom stereocenters. The van der Waals surface area contributed by atoms with Crippen molar-refractivity contribution in [1.29, 1.82) is 0 Å². The van der Waals surface area contributed by atoms with Crippen molar-refractivity contribution in [2.45, 2.75) is 11.7 Å². The highest BCUT2D eigenvalue weighted by Crippen LogP contribution is 2.50. The highest BCUT2D eigenvalue weighted by atomic mass is 16.6. The summed E-state index contributed by atoms with van der Waals surface area (Å²) in [6.45, 7) is -0.0673. The zero-order valence-corrected chi connectivity index (χ0v) is 14.9. The van der Waals surface area contributed by atoms with E-state index in [1.807, 2.05) is 0 Å². The molecule has 0 aromatic heterocycles. The standard InChI is InChI=1S/C19H18O8/c1-23-9-4-11(20)17-15(5-9)27-16-8-26-12-7-14(25-3)13(24-2)6-10(12)19(16,22)18(17)21/h4-7,16,20,22H,8H2,1-3H3/t16-,19-/m0/s1. The minimum Gasteiger partial charge on any atom is -0.507 e. The van der Waals surface area contributed by atoms with Crippen molar-refractivity contribution in [3.63, 3.8) is 0 Å². The van der Waals surface area contributed by atoms with Crippen LogP contribution >= 0.6 is 0 Å². The third kappa shape index (κ3) is 2.30. The average molecular weight is 374 g/mol. The van der Waals surface area contributed by atoms with Crippen molar-refractivity contribution >= 4 is 5.78 Å². The Morgan fingerprint density at radius 3 is 2.41 bits per heavy atom. The van der Waals surface area contributed by atoms with Gasteiger partial charge < -0.3 is 33.9 Å². The van der Waals surface area contributed by atoms with Gasteiger partial charge in [-0.25, -0.2) is 0 Å². The summed E-state index contributed by atoms with van der Waals surface area (Å²) < 4.78 is 27.1. The molecule has 2 aliphatic heterocycles. The summed E-state index contributed by atoms with van der Waals surface area (Å²) in [6.07, 6.45) is -1.00. The Balaban J connectivity index is 1.91. The van der Waals surface area contributed by atoms with Crippen molar-refractivity contribution in [3.8, 4) is 34.5 Å². The molecule has 0 bridgehead atoms. The molecule has 2 atom stereocenters. The number of ketones is 1. The molecule has 4 rings (SSSR count). The van der Waals surface area contributed by atoms with E-state index in [0.29, 0.717) is 17.2 Å². The first kappa shape index (κ1) is 17.3. The van der Waals surface area contributed by atoms with E-state index >= 15 is 0 Å². The van der Waals surface area contributed by atoms with Gasteiger partial charge in [0.05, 0.1) is 21.3 Å². The minimum absolute atomic E-state index is 0.0673. The van der Waals surface area contributed by atoms with Crippen LogP contribution in [0.1, 0.15) is 15.9 Å². The first-order chi connectivity index (χ1) is 12.9. The quantitative estimate of drug-likeness (QED) is 0.836. The lowest BCUT2D eigenvalue weighted by Gasteiger charge is -2.43. The number of ether oxygens (including phenoxy) is 5. The van der Waals surface area contributed by atoms with Gasteiger partial charge in [0.25, 0.3) is 0 Å². The number of benzene rings is 2. The summed E-state index contributed by atoms with van der Waals surface area (Å²) >= 11 is 0. The van der Waals surface area contributed by atoms with Crippen LogP contribution in [0.2, 0.25) is 0 Å². The van der Waals surface area contributed by atoms with Gasteiger partial charge in [-0.2, -0.15) is 0 Å². The van der Waals surface area contributed by atoms with E-state index in [9.17, 15) is 15.0 Å². The molecule has 2 N–H and O–H groups in total. The minimum atomic E-state index is -2.05. The number of hydrogen-bond acceptors (Lipinski definition) is 8. The first-order valence-corrected chi connectivity index (χ1v) is 8.18. The number of phenolic OH excluding ortho intramolecular Hbond substituents is 1. The van der Waals surface area contributed by atoms with Crippen LogP contribution in [0.4, 0.5) is 0 Å². The Bertz CT molecular complexity index is 938. The molecule has 2 aromatic carbocycles. The van der Waals surface area contributed by atoms with Crippen LogP contribution in [-0.4, -0.2) is 50.0 Å². The van der Waals surface area contributed by atoms with Gasteiger partial charge in [-0.1, -0.05) is 0 Å². The molecule has 142 valence electrons. The second-order valence-corrected chi connectivity index (χ2v) is 6.24. The molecule has 8 heteroatoms. The lowest BCUT2D eigenvalue weighted by atomic mass is 9.77. The number of phenols is 1. The Morgan fingerprint density at radius 2 is 1.74 bits per heavy atom. The Hall–Kier alpha value is -3.13. The lowest BCUT2D eigenvalue weighted by molar-refractivity contribution is -0.0803. The fourth-order valence-corrected chi connectivity index (χ4v) is 3.48. The van der Waals surface area contributed by atoms with E-state index in [1.54, 1.807) is 6.07 Å². The number of methoxy groups -OCH3 is 3. The number of aromatic hydroxyl groups is 1. The summed E-state index contributed by atoms with van der Waals surface area (Å²) in [7, 11) is 4.35.